The SMILES string of the molecule is CSC(C)CNC(C)c1ccc(F)cc1O. The molecule has 0 heterocycles. The fourth-order valence-corrected chi connectivity index (χ4v) is 1.68. The van der Waals surface area contributed by atoms with Crippen LogP contribution in [0.5, 0.6) is 5.75 Å². The molecule has 0 radical (unpaired) electrons. The highest BCUT2D eigenvalue weighted by Gasteiger charge is 2.11. The highest BCUT2D eigenvalue weighted by Crippen LogP contribution is 2.24. The van der Waals surface area contributed by atoms with E-state index < -0.39 is 5.82 Å². The number of aromatic hydroxyl groups is 1. The summed E-state index contributed by atoms with van der Waals surface area (Å²) in [5, 5.41) is 13.4. The minimum absolute atomic E-state index is 0.0109. The molecule has 0 fully saturated rings. The van der Waals surface area contributed by atoms with Crippen LogP contribution in [0.1, 0.15) is 25.5 Å². The van der Waals surface area contributed by atoms with Crippen LogP contribution in [0.25, 0.3) is 0 Å². The van der Waals surface area contributed by atoms with E-state index in [1.54, 1.807) is 17.8 Å². The number of halogens is 1. The fraction of sp³-hybridized carbons (Fsp3) is 0.500. The van der Waals surface area contributed by atoms with Crippen LogP contribution in [0.3, 0.4) is 0 Å². The van der Waals surface area contributed by atoms with Crippen molar-refractivity contribution >= 4 is 11.8 Å². The Morgan fingerprint density at radius 1 is 1.44 bits per heavy atom. The summed E-state index contributed by atoms with van der Waals surface area (Å²) in [6.07, 6.45) is 2.06. The fourth-order valence-electron chi connectivity index (χ4n) is 1.42. The van der Waals surface area contributed by atoms with Crippen molar-refractivity contribution < 1.29 is 9.50 Å². The van der Waals surface area contributed by atoms with Gasteiger partial charge in [0.1, 0.15) is 11.6 Å². The standard InChI is InChI=1S/C12H18FNOS/c1-8(16-3)7-14-9(2)11-5-4-10(13)6-12(11)15/h4-6,8-9,14-15H,7H2,1-3H3. The molecule has 2 atom stereocenters. The number of thioether (sulfide) groups is 1. The molecule has 4 heteroatoms. The zero-order valence-corrected chi connectivity index (χ0v) is 10.6. The minimum atomic E-state index is -0.411. The summed E-state index contributed by atoms with van der Waals surface area (Å²) in [7, 11) is 0. The van der Waals surface area contributed by atoms with Gasteiger partial charge in [0.25, 0.3) is 0 Å². The van der Waals surface area contributed by atoms with E-state index in [9.17, 15) is 9.50 Å². The molecule has 2 nitrogen and oxygen atoms in total. The Morgan fingerprint density at radius 3 is 2.69 bits per heavy atom. The molecule has 0 bridgehead atoms. The van der Waals surface area contributed by atoms with Gasteiger partial charge in [0.2, 0.25) is 0 Å². The molecule has 0 spiro atoms. The summed E-state index contributed by atoms with van der Waals surface area (Å²) in [5.74, 6) is -0.400. The molecule has 1 aromatic rings. The Hall–Kier alpha value is -0.740. The number of phenols is 1. The molecule has 1 aromatic carbocycles. The number of nitrogens with one attached hydrogen (secondary N) is 1. The van der Waals surface area contributed by atoms with E-state index in [0.29, 0.717) is 5.25 Å². The van der Waals surface area contributed by atoms with Gasteiger partial charge in [0, 0.05) is 29.5 Å². The Labute approximate surface area is 100 Å². The lowest BCUT2D eigenvalue weighted by molar-refractivity contribution is 0.447. The predicted octanol–water partition coefficient (Wildman–Crippen LogP) is 2.93. The van der Waals surface area contributed by atoms with Crippen LogP contribution in [0, 0.1) is 5.82 Å². The maximum atomic E-state index is 12.8. The van der Waals surface area contributed by atoms with Crippen LogP contribution in [0.15, 0.2) is 18.2 Å². The first-order chi connectivity index (χ1) is 7.54. The predicted molar refractivity (Wildman–Crippen MR) is 67.5 cm³/mol. The van der Waals surface area contributed by atoms with E-state index in [4.69, 9.17) is 0 Å². The highest BCUT2D eigenvalue weighted by molar-refractivity contribution is 7.99. The van der Waals surface area contributed by atoms with E-state index >= 15 is 0 Å². The third-order valence-electron chi connectivity index (χ3n) is 2.57. The molecular formula is C12H18FNOS. The summed E-state index contributed by atoms with van der Waals surface area (Å²) in [6, 6.07) is 4.15. The Bertz CT molecular complexity index is 346. The lowest BCUT2D eigenvalue weighted by Crippen LogP contribution is -2.25. The van der Waals surface area contributed by atoms with Crippen molar-refractivity contribution in [2.75, 3.05) is 12.8 Å². The van der Waals surface area contributed by atoms with E-state index in [1.165, 1.54) is 6.07 Å². The maximum Gasteiger partial charge on any atom is 0.126 e. The second-order valence-corrected chi connectivity index (χ2v) is 5.16. The Kier molecular flexibility index (Phi) is 5.09. The molecule has 2 unspecified atom stereocenters. The van der Waals surface area contributed by atoms with Crippen LogP contribution < -0.4 is 5.32 Å². The largest absolute Gasteiger partial charge is 0.508 e. The van der Waals surface area contributed by atoms with Crippen molar-refractivity contribution in [2.45, 2.75) is 25.1 Å². The van der Waals surface area contributed by atoms with Gasteiger partial charge in [-0.15, -0.1) is 0 Å². The summed E-state index contributed by atoms with van der Waals surface area (Å²) >= 11 is 1.78. The second-order valence-electron chi connectivity index (χ2n) is 3.88. The van der Waals surface area contributed by atoms with Crippen LogP contribution in [-0.2, 0) is 0 Å². The van der Waals surface area contributed by atoms with Crippen LogP contribution in [0.2, 0.25) is 0 Å². The van der Waals surface area contributed by atoms with E-state index in [1.807, 2.05) is 6.92 Å². The first-order valence-corrected chi connectivity index (χ1v) is 6.58. The van der Waals surface area contributed by atoms with Gasteiger partial charge in [-0.05, 0) is 19.2 Å². The Balaban J connectivity index is 2.62. The topological polar surface area (TPSA) is 32.3 Å². The van der Waals surface area contributed by atoms with Crippen molar-refractivity contribution in [1.29, 1.82) is 0 Å². The highest BCUT2D eigenvalue weighted by atomic mass is 32.2. The van der Waals surface area contributed by atoms with E-state index in [0.717, 1.165) is 18.2 Å². The van der Waals surface area contributed by atoms with Gasteiger partial charge < -0.3 is 10.4 Å². The van der Waals surface area contributed by atoms with Crippen molar-refractivity contribution in [3.05, 3.63) is 29.6 Å². The number of hydrogen-bond donors (Lipinski definition) is 2. The van der Waals surface area contributed by atoms with Gasteiger partial charge in [-0.2, -0.15) is 11.8 Å². The molecule has 90 valence electrons. The zero-order chi connectivity index (χ0) is 12.1. The summed E-state index contributed by atoms with van der Waals surface area (Å²) in [5.41, 5.74) is 0.731. The summed E-state index contributed by atoms with van der Waals surface area (Å²) in [4.78, 5) is 0. The van der Waals surface area contributed by atoms with Crippen LogP contribution in [-0.4, -0.2) is 23.2 Å². The van der Waals surface area contributed by atoms with Gasteiger partial charge in [0.05, 0.1) is 0 Å². The molecule has 0 aliphatic rings. The van der Waals surface area contributed by atoms with Gasteiger partial charge in [-0.25, -0.2) is 4.39 Å². The molecule has 0 aromatic heterocycles. The first kappa shape index (κ1) is 13.3. The molecule has 0 saturated heterocycles. The van der Waals surface area contributed by atoms with Gasteiger partial charge in [0.15, 0.2) is 0 Å². The number of benzene rings is 1. The lowest BCUT2D eigenvalue weighted by atomic mass is 10.1. The number of hydrogen-bond acceptors (Lipinski definition) is 3. The molecule has 16 heavy (non-hydrogen) atoms. The smallest absolute Gasteiger partial charge is 0.126 e. The summed E-state index contributed by atoms with van der Waals surface area (Å²) in [6.45, 7) is 4.95. The average Bonchev–Trinajstić information content (AvgIpc) is 2.25. The molecular weight excluding hydrogens is 225 g/mol. The van der Waals surface area contributed by atoms with Crippen molar-refractivity contribution in [3.63, 3.8) is 0 Å². The van der Waals surface area contributed by atoms with Crippen LogP contribution >= 0.6 is 11.8 Å². The molecule has 0 aliphatic heterocycles. The number of rotatable bonds is 5. The third kappa shape index (κ3) is 3.68. The molecule has 0 aliphatic carbocycles. The third-order valence-corrected chi connectivity index (χ3v) is 3.54. The van der Waals surface area contributed by atoms with E-state index in [2.05, 4.69) is 18.5 Å². The van der Waals surface area contributed by atoms with Crippen molar-refractivity contribution in [1.82, 2.24) is 5.32 Å². The van der Waals surface area contributed by atoms with Crippen LogP contribution in [0.4, 0.5) is 4.39 Å². The zero-order valence-electron chi connectivity index (χ0n) is 9.83. The van der Waals surface area contributed by atoms with Crippen molar-refractivity contribution in [2.24, 2.45) is 0 Å². The quantitative estimate of drug-likeness (QED) is 0.834. The summed E-state index contributed by atoms with van der Waals surface area (Å²) < 4.78 is 12.8. The minimum Gasteiger partial charge on any atom is -0.508 e. The average molecular weight is 243 g/mol. The monoisotopic (exact) mass is 243 g/mol. The van der Waals surface area contributed by atoms with Gasteiger partial charge in [-0.1, -0.05) is 13.0 Å². The Morgan fingerprint density at radius 2 is 2.12 bits per heavy atom. The molecule has 0 saturated carbocycles. The first-order valence-electron chi connectivity index (χ1n) is 5.29. The lowest BCUT2D eigenvalue weighted by Gasteiger charge is -2.17. The molecule has 0 amide bonds. The molecule has 2 N–H and O–H groups in total. The second kappa shape index (κ2) is 6.11. The maximum absolute atomic E-state index is 12.8. The van der Waals surface area contributed by atoms with Gasteiger partial charge >= 0.3 is 0 Å². The normalized spacial score (nSPS) is 14.8. The molecule has 1 rings (SSSR count). The van der Waals surface area contributed by atoms with Gasteiger partial charge in [-0.3, -0.25) is 0 Å². The van der Waals surface area contributed by atoms with E-state index in [-0.39, 0.29) is 11.8 Å². The number of phenolic OH excluding ortho intramolecular Hbond substituents is 1. The van der Waals surface area contributed by atoms with Crippen molar-refractivity contribution in [3.8, 4) is 5.75 Å².